The van der Waals surface area contributed by atoms with Crippen LogP contribution in [0, 0.1) is 5.41 Å². The number of nitrogens with one attached hydrogen (secondary N) is 1. The van der Waals surface area contributed by atoms with E-state index in [-0.39, 0.29) is 0 Å². The molecule has 0 fully saturated rings. The smallest absolute Gasteiger partial charge is 0.197 e. The summed E-state index contributed by atoms with van der Waals surface area (Å²) in [6, 6.07) is 0. The summed E-state index contributed by atoms with van der Waals surface area (Å²) in [7, 11) is 0. The molecule has 0 aromatic carbocycles. The number of aromatic nitrogens is 1. The van der Waals surface area contributed by atoms with E-state index in [9.17, 15) is 0 Å². The fraction of sp³-hybridized carbons (Fsp3) is 0.727. The van der Waals surface area contributed by atoms with Gasteiger partial charge in [0.05, 0.1) is 6.61 Å². The van der Waals surface area contributed by atoms with Gasteiger partial charge in [0.2, 0.25) is 0 Å². The Morgan fingerprint density at radius 2 is 2.12 bits per heavy atom. The van der Waals surface area contributed by atoms with Gasteiger partial charge in [0, 0.05) is 6.54 Å². The number of hydrogen-bond acceptors (Lipinski definition) is 5. The number of nitrogens with two attached hydrogens (primary N) is 1. The fourth-order valence-electron chi connectivity index (χ4n) is 1.24. The van der Waals surface area contributed by atoms with Crippen LogP contribution in [0.5, 0.6) is 5.75 Å². The van der Waals surface area contributed by atoms with E-state index in [2.05, 4.69) is 30.5 Å². The first-order valence-corrected chi connectivity index (χ1v) is 6.33. The predicted octanol–water partition coefficient (Wildman–Crippen LogP) is 2.97. The Bertz CT molecular complexity index is 330. The van der Waals surface area contributed by atoms with Crippen molar-refractivity contribution in [1.82, 2.24) is 4.37 Å². The van der Waals surface area contributed by atoms with Crippen LogP contribution >= 0.6 is 11.5 Å². The molecule has 1 rings (SSSR count). The summed E-state index contributed by atoms with van der Waals surface area (Å²) < 4.78 is 9.53. The molecule has 16 heavy (non-hydrogen) atoms. The van der Waals surface area contributed by atoms with E-state index >= 15 is 0 Å². The van der Waals surface area contributed by atoms with Gasteiger partial charge in [-0.2, -0.15) is 4.37 Å². The van der Waals surface area contributed by atoms with Gasteiger partial charge in [-0.15, -0.1) is 0 Å². The van der Waals surface area contributed by atoms with E-state index in [0.717, 1.165) is 18.0 Å². The second kappa shape index (κ2) is 5.39. The summed E-state index contributed by atoms with van der Waals surface area (Å²) in [6.45, 7) is 10.1. The van der Waals surface area contributed by atoms with Gasteiger partial charge in [0.25, 0.3) is 0 Å². The van der Waals surface area contributed by atoms with Gasteiger partial charge in [-0.25, -0.2) is 0 Å². The van der Waals surface area contributed by atoms with Crippen LogP contribution in [0.3, 0.4) is 0 Å². The lowest BCUT2D eigenvalue weighted by atomic mass is 9.92. The first-order valence-electron chi connectivity index (χ1n) is 5.56. The van der Waals surface area contributed by atoms with Gasteiger partial charge in [-0.05, 0) is 30.3 Å². The SMILES string of the molecule is CCOc1c(N)nsc1NCCC(C)(C)C. The molecule has 1 aromatic rings. The summed E-state index contributed by atoms with van der Waals surface area (Å²) in [5, 5.41) is 4.26. The van der Waals surface area contributed by atoms with Crippen LogP contribution in [-0.4, -0.2) is 17.5 Å². The zero-order valence-corrected chi connectivity index (χ0v) is 11.3. The molecule has 92 valence electrons. The molecule has 0 unspecified atom stereocenters. The van der Waals surface area contributed by atoms with E-state index in [1.54, 1.807) is 0 Å². The van der Waals surface area contributed by atoms with Crippen LogP contribution in [0.1, 0.15) is 34.1 Å². The average molecular weight is 243 g/mol. The summed E-state index contributed by atoms with van der Waals surface area (Å²) in [5.41, 5.74) is 6.05. The number of nitrogens with zero attached hydrogens (tertiary/aromatic N) is 1. The highest BCUT2D eigenvalue weighted by Crippen LogP contribution is 2.35. The van der Waals surface area contributed by atoms with Gasteiger partial charge in [0.15, 0.2) is 16.6 Å². The van der Waals surface area contributed by atoms with Crippen molar-refractivity contribution in [3.05, 3.63) is 0 Å². The molecule has 0 aliphatic carbocycles. The Labute approximate surface area is 101 Å². The Balaban J connectivity index is 2.53. The van der Waals surface area contributed by atoms with Gasteiger partial charge in [-0.1, -0.05) is 20.8 Å². The Morgan fingerprint density at radius 1 is 1.44 bits per heavy atom. The van der Waals surface area contributed by atoms with Gasteiger partial charge >= 0.3 is 0 Å². The topological polar surface area (TPSA) is 60.2 Å². The molecule has 1 heterocycles. The largest absolute Gasteiger partial charge is 0.487 e. The maximum absolute atomic E-state index is 5.72. The van der Waals surface area contributed by atoms with Crippen molar-refractivity contribution in [3.63, 3.8) is 0 Å². The fourth-order valence-corrected chi connectivity index (χ4v) is 1.93. The molecule has 3 N–H and O–H groups in total. The zero-order valence-electron chi connectivity index (χ0n) is 10.5. The highest BCUT2D eigenvalue weighted by Gasteiger charge is 2.14. The number of nitrogen functional groups attached to an aromatic ring is 1. The monoisotopic (exact) mass is 243 g/mol. The average Bonchev–Trinajstić information content (AvgIpc) is 2.48. The highest BCUT2D eigenvalue weighted by molar-refractivity contribution is 7.11. The molecule has 0 saturated heterocycles. The Kier molecular flexibility index (Phi) is 4.41. The molecule has 0 amide bonds. The van der Waals surface area contributed by atoms with E-state index in [0.29, 0.717) is 23.6 Å². The summed E-state index contributed by atoms with van der Waals surface area (Å²) in [6.07, 6.45) is 1.09. The van der Waals surface area contributed by atoms with Crippen molar-refractivity contribution >= 4 is 22.4 Å². The van der Waals surface area contributed by atoms with Crippen LogP contribution in [0.4, 0.5) is 10.8 Å². The third-order valence-corrected chi connectivity index (χ3v) is 2.92. The van der Waals surface area contributed by atoms with Gasteiger partial charge in [0.1, 0.15) is 0 Å². The van der Waals surface area contributed by atoms with Crippen molar-refractivity contribution in [2.45, 2.75) is 34.1 Å². The lowest BCUT2D eigenvalue weighted by Gasteiger charge is -2.18. The maximum atomic E-state index is 5.72. The molecule has 5 heteroatoms. The highest BCUT2D eigenvalue weighted by atomic mass is 32.1. The minimum absolute atomic E-state index is 0.328. The van der Waals surface area contributed by atoms with Crippen LogP contribution in [0.25, 0.3) is 0 Å². The molecule has 0 spiro atoms. The van der Waals surface area contributed by atoms with E-state index in [4.69, 9.17) is 10.5 Å². The third kappa shape index (κ3) is 3.89. The molecule has 0 saturated carbocycles. The number of ether oxygens (including phenoxy) is 1. The Hall–Kier alpha value is -0.970. The number of rotatable bonds is 5. The third-order valence-electron chi connectivity index (χ3n) is 2.12. The molecule has 0 bridgehead atoms. The molecule has 0 aliphatic heterocycles. The number of anilines is 2. The van der Waals surface area contributed by atoms with Crippen molar-refractivity contribution < 1.29 is 4.74 Å². The molecular formula is C11H21N3OS. The lowest BCUT2D eigenvalue weighted by molar-refractivity contribution is 0.343. The molecule has 0 aliphatic rings. The standard InChI is InChI=1S/C11H21N3OS/c1-5-15-8-9(12)14-16-10(8)13-7-6-11(2,3)4/h13H,5-7H2,1-4H3,(H2,12,14). The predicted molar refractivity (Wildman–Crippen MR) is 70.3 cm³/mol. The minimum Gasteiger partial charge on any atom is -0.487 e. The minimum atomic E-state index is 0.328. The second-order valence-electron chi connectivity index (χ2n) is 4.90. The van der Waals surface area contributed by atoms with Crippen molar-refractivity contribution in [2.75, 3.05) is 24.2 Å². The van der Waals surface area contributed by atoms with Crippen LogP contribution in [0.15, 0.2) is 0 Å². The van der Waals surface area contributed by atoms with E-state index in [1.165, 1.54) is 11.5 Å². The van der Waals surface area contributed by atoms with E-state index < -0.39 is 0 Å². The maximum Gasteiger partial charge on any atom is 0.197 e. The quantitative estimate of drug-likeness (QED) is 0.834. The number of hydrogen-bond donors (Lipinski definition) is 2. The second-order valence-corrected chi connectivity index (χ2v) is 5.67. The summed E-state index contributed by atoms with van der Waals surface area (Å²) >= 11 is 1.36. The van der Waals surface area contributed by atoms with Crippen molar-refractivity contribution in [2.24, 2.45) is 5.41 Å². The van der Waals surface area contributed by atoms with Gasteiger partial charge < -0.3 is 15.8 Å². The summed E-state index contributed by atoms with van der Waals surface area (Å²) in [4.78, 5) is 0. The zero-order chi connectivity index (χ0) is 12.2. The van der Waals surface area contributed by atoms with Crippen molar-refractivity contribution in [3.8, 4) is 5.75 Å². The lowest BCUT2D eigenvalue weighted by Crippen LogP contribution is -2.12. The van der Waals surface area contributed by atoms with E-state index in [1.807, 2.05) is 6.92 Å². The molecule has 0 atom stereocenters. The molecule has 0 radical (unpaired) electrons. The van der Waals surface area contributed by atoms with Crippen LogP contribution in [0.2, 0.25) is 0 Å². The van der Waals surface area contributed by atoms with Crippen LogP contribution in [-0.2, 0) is 0 Å². The summed E-state index contributed by atoms with van der Waals surface area (Å²) in [5.74, 6) is 1.17. The normalized spacial score (nSPS) is 11.5. The van der Waals surface area contributed by atoms with Crippen LogP contribution < -0.4 is 15.8 Å². The van der Waals surface area contributed by atoms with Crippen molar-refractivity contribution in [1.29, 1.82) is 0 Å². The Morgan fingerprint density at radius 3 is 2.69 bits per heavy atom. The first kappa shape index (κ1) is 13.1. The molecular weight excluding hydrogens is 222 g/mol. The molecule has 4 nitrogen and oxygen atoms in total. The molecule has 1 aromatic heterocycles. The first-order chi connectivity index (χ1) is 7.44. The van der Waals surface area contributed by atoms with Gasteiger partial charge in [-0.3, -0.25) is 0 Å².